The van der Waals surface area contributed by atoms with Gasteiger partial charge in [-0.3, -0.25) is 9.71 Å². The van der Waals surface area contributed by atoms with Crippen molar-refractivity contribution in [3.8, 4) is 28.4 Å². The van der Waals surface area contributed by atoms with Gasteiger partial charge in [0.25, 0.3) is 10.0 Å². The van der Waals surface area contributed by atoms with Gasteiger partial charge in [0.05, 0.1) is 26.1 Å². The molecule has 0 spiro atoms. The van der Waals surface area contributed by atoms with Crippen LogP contribution in [0, 0.1) is 0 Å². The molecule has 2 aromatic carbocycles. The van der Waals surface area contributed by atoms with Crippen molar-refractivity contribution in [3.05, 3.63) is 60.9 Å². The van der Waals surface area contributed by atoms with Gasteiger partial charge in [-0.15, -0.1) is 13.2 Å². The molecule has 3 rings (SSSR count). The zero-order chi connectivity index (χ0) is 22.6. The molecular weight excluding hydrogens is 437 g/mol. The predicted octanol–water partition coefficient (Wildman–Crippen LogP) is 4.47. The van der Waals surface area contributed by atoms with Crippen LogP contribution in [0.3, 0.4) is 0 Å². The molecule has 0 aliphatic rings. The summed E-state index contributed by atoms with van der Waals surface area (Å²) in [6.07, 6.45) is -2.16. The topological polar surface area (TPSA) is 86.8 Å². The van der Waals surface area contributed by atoms with Crippen LogP contribution in [0.15, 0.2) is 65.8 Å². The van der Waals surface area contributed by atoms with Gasteiger partial charge in [0, 0.05) is 17.8 Å². The van der Waals surface area contributed by atoms with Crippen LogP contribution in [0.5, 0.6) is 17.2 Å². The summed E-state index contributed by atoms with van der Waals surface area (Å²) in [4.78, 5) is 3.51. The Hall–Kier alpha value is -3.47. The summed E-state index contributed by atoms with van der Waals surface area (Å²) >= 11 is 0. The SMILES string of the molecule is COc1ccc(-c2cncc(NS(=O)(=O)c3cc(OC(F)(F)F)ccc3OC)c2)cc1. The van der Waals surface area contributed by atoms with Crippen LogP contribution in [0.4, 0.5) is 18.9 Å². The Morgan fingerprint density at radius 3 is 2.16 bits per heavy atom. The molecule has 0 atom stereocenters. The zero-order valence-corrected chi connectivity index (χ0v) is 17.1. The molecule has 0 unspecified atom stereocenters. The summed E-state index contributed by atoms with van der Waals surface area (Å²) in [7, 11) is -1.59. The van der Waals surface area contributed by atoms with Gasteiger partial charge < -0.3 is 14.2 Å². The van der Waals surface area contributed by atoms with Gasteiger partial charge in [-0.2, -0.15) is 0 Å². The van der Waals surface area contributed by atoms with E-state index in [0.717, 1.165) is 23.8 Å². The third-order valence-electron chi connectivity index (χ3n) is 4.07. The number of alkyl halides is 3. The van der Waals surface area contributed by atoms with Crippen LogP contribution in [-0.2, 0) is 10.0 Å². The number of ether oxygens (including phenoxy) is 3. The maximum atomic E-state index is 12.9. The van der Waals surface area contributed by atoms with Crippen LogP contribution >= 0.6 is 0 Å². The largest absolute Gasteiger partial charge is 0.573 e. The lowest BCUT2D eigenvalue weighted by atomic mass is 10.1. The standard InChI is InChI=1S/C20H17F3N2O5S/c1-28-16-5-3-13(4-6-16)14-9-15(12-24-11-14)25-31(26,27)19-10-17(30-20(21,22)23)7-8-18(19)29-2/h3-12,25H,1-2H3. The predicted molar refractivity (Wildman–Crippen MR) is 107 cm³/mol. The summed E-state index contributed by atoms with van der Waals surface area (Å²) in [5.41, 5.74) is 1.48. The number of anilines is 1. The van der Waals surface area contributed by atoms with Crippen molar-refractivity contribution >= 4 is 15.7 Å². The molecular formula is C20H17F3N2O5S. The number of halogens is 3. The van der Waals surface area contributed by atoms with Crippen LogP contribution in [0.1, 0.15) is 0 Å². The van der Waals surface area contributed by atoms with E-state index in [1.807, 2.05) is 0 Å². The second-order valence-electron chi connectivity index (χ2n) is 6.16. The summed E-state index contributed by atoms with van der Waals surface area (Å²) in [6, 6.07) is 11.3. The molecule has 11 heteroatoms. The minimum absolute atomic E-state index is 0.109. The third kappa shape index (κ3) is 5.57. The minimum atomic E-state index is -4.97. The van der Waals surface area contributed by atoms with E-state index >= 15 is 0 Å². The number of nitrogens with one attached hydrogen (secondary N) is 1. The lowest BCUT2D eigenvalue weighted by Crippen LogP contribution is -2.18. The monoisotopic (exact) mass is 454 g/mol. The van der Waals surface area contributed by atoms with E-state index in [1.165, 1.54) is 32.7 Å². The smallest absolute Gasteiger partial charge is 0.497 e. The lowest BCUT2D eigenvalue weighted by molar-refractivity contribution is -0.274. The van der Waals surface area contributed by atoms with Crippen molar-refractivity contribution in [1.29, 1.82) is 0 Å². The number of rotatable bonds is 7. The Morgan fingerprint density at radius 1 is 0.871 bits per heavy atom. The Kier molecular flexibility index (Phi) is 6.25. The van der Waals surface area contributed by atoms with E-state index in [0.29, 0.717) is 11.3 Å². The highest BCUT2D eigenvalue weighted by molar-refractivity contribution is 7.92. The average molecular weight is 454 g/mol. The molecule has 0 saturated heterocycles. The van der Waals surface area contributed by atoms with Gasteiger partial charge in [0.2, 0.25) is 0 Å². The fraction of sp³-hybridized carbons (Fsp3) is 0.150. The van der Waals surface area contributed by atoms with Crippen molar-refractivity contribution in [2.24, 2.45) is 0 Å². The fourth-order valence-corrected chi connectivity index (χ4v) is 3.93. The molecule has 0 saturated carbocycles. The van der Waals surface area contributed by atoms with Crippen molar-refractivity contribution in [2.45, 2.75) is 11.3 Å². The highest BCUT2D eigenvalue weighted by Gasteiger charge is 2.32. The summed E-state index contributed by atoms with van der Waals surface area (Å²) in [5.74, 6) is -0.193. The first-order valence-corrected chi connectivity index (χ1v) is 10.2. The number of nitrogens with zero attached hydrogens (tertiary/aromatic N) is 1. The highest BCUT2D eigenvalue weighted by atomic mass is 32.2. The molecule has 0 aliphatic carbocycles. The third-order valence-corrected chi connectivity index (χ3v) is 5.47. The highest BCUT2D eigenvalue weighted by Crippen LogP contribution is 2.33. The molecule has 31 heavy (non-hydrogen) atoms. The van der Waals surface area contributed by atoms with Crippen molar-refractivity contribution in [3.63, 3.8) is 0 Å². The van der Waals surface area contributed by atoms with Crippen molar-refractivity contribution in [2.75, 3.05) is 18.9 Å². The Balaban J connectivity index is 1.92. The Labute approximate surface area is 176 Å². The molecule has 1 aromatic heterocycles. The van der Waals surface area contributed by atoms with Gasteiger partial charge in [0.1, 0.15) is 22.1 Å². The summed E-state index contributed by atoms with van der Waals surface area (Å²) in [5, 5.41) is 0. The molecule has 164 valence electrons. The van der Waals surface area contributed by atoms with E-state index < -0.39 is 27.0 Å². The second kappa shape index (κ2) is 8.72. The quantitative estimate of drug-likeness (QED) is 0.567. The summed E-state index contributed by atoms with van der Waals surface area (Å²) < 4.78 is 79.5. The van der Waals surface area contributed by atoms with E-state index in [2.05, 4.69) is 14.4 Å². The van der Waals surface area contributed by atoms with Gasteiger partial charge in [-0.25, -0.2) is 8.42 Å². The minimum Gasteiger partial charge on any atom is -0.497 e. The Bertz CT molecular complexity index is 1170. The van der Waals surface area contributed by atoms with Crippen molar-refractivity contribution < 1.29 is 35.8 Å². The van der Waals surface area contributed by atoms with Crippen molar-refractivity contribution in [1.82, 2.24) is 4.98 Å². The molecule has 0 bridgehead atoms. The Morgan fingerprint density at radius 2 is 1.55 bits per heavy atom. The number of aromatic nitrogens is 1. The van der Waals surface area contributed by atoms with E-state index in [-0.39, 0.29) is 11.4 Å². The first-order chi connectivity index (χ1) is 14.6. The van der Waals surface area contributed by atoms with E-state index in [1.54, 1.807) is 24.3 Å². The number of methoxy groups -OCH3 is 2. The number of benzene rings is 2. The number of hydrogen-bond acceptors (Lipinski definition) is 6. The van der Waals surface area contributed by atoms with Crippen LogP contribution in [-0.4, -0.2) is 34.0 Å². The molecule has 0 amide bonds. The van der Waals surface area contributed by atoms with E-state index in [9.17, 15) is 21.6 Å². The number of pyridine rings is 1. The summed E-state index contributed by atoms with van der Waals surface area (Å²) in [6.45, 7) is 0. The average Bonchev–Trinajstić information content (AvgIpc) is 2.72. The fourth-order valence-electron chi connectivity index (χ4n) is 2.71. The van der Waals surface area contributed by atoms with Gasteiger partial charge in [0.15, 0.2) is 0 Å². The molecule has 3 aromatic rings. The van der Waals surface area contributed by atoms with Crippen LogP contribution in [0.25, 0.3) is 11.1 Å². The second-order valence-corrected chi connectivity index (χ2v) is 7.81. The molecule has 7 nitrogen and oxygen atoms in total. The normalized spacial score (nSPS) is 11.6. The number of sulfonamides is 1. The number of hydrogen-bond donors (Lipinski definition) is 1. The molecule has 0 radical (unpaired) electrons. The van der Waals surface area contributed by atoms with Gasteiger partial charge >= 0.3 is 6.36 Å². The van der Waals surface area contributed by atoms with Crippen LogP contribution in [0.2, 0.25) is 0 Å². The molecule has 0 fully saturated rings. The lowest BCUT2D eigenvalue weighted by Gasteiger charge is -2.15. The maximum Gasteiger partial charge on any atom is 0.573 e. The molecule has 1 heterocycles. The zero-order valence-electron chi connectivity index (χ0n) is 16.3. The van der Waals surface area contributed by atoms with Crippen LogP contribution < -0.4 is 18.9 Å². The van der Waals surface area contributed by atoms with E-state index in [4.69, 9.17) is 9.47 Å². The first kappa shape index (κ1) is 22.2. The molecule has 0 aliphatic heterocycles. The first-order valence-electron chi connectivity index (χ1n) is 8.67. The van der Waals surface area contributed by atoms with Gasteiger partial charge in [-0.1, -0.05) is 12.1 Å². The van der Waals surface area contributed by atoms with Gasteiger partial charge in [-0.05, 0) is 35.9 Å². The molecule has 1 N–H and O–H groups in total. The maximum absolute atomic E-state index is 12.9.